The van der Waals surface area contributed by atoms with Crippen molar-refractivity contribution in [2.75, 3.05) is 25.0 Å². The molecule has 2 aromatic heterocycles. The molecule has 4 rings (SSSR count). The highest BCUT2D eigenvalue weighted by atomic mass is 16.2. The summed E-state index contributed by atoms with van der Waals surface area (Å²) in [5, 5.41) is 4.65. The lowest BCUT2D eigenvalue weighted by molar-refractivity contribution is -0.122. The molecule has 0 saturated carbocycles. The van der Waals surface area contributed by atoms with E-state index in [-0.39, 0.29) is 17.4 Å². The molecule has 0 aromatic carbocycles. The normalized spacial score (nSPS) is 19.2. The molecule has 2 aliphatic heterocycles. The molecule has 0 radical (unpaired) electrons. The summed E-state index contributed by atoms with van der Waals surface area (Å²) in [7, 11) is 1.80. The quantitative estimate of drug-likeness (QED) is 0.791. The first kappa shape index (κ1) is 15.8. The summed E-state index contributed by atoms with van der Waals surface area (Å²) in [5.41, 5.74) is 1.25. The van der Waals surface area contributed by atoms with Gasteiger partial charge in [0.15, 0.2) is 0 Å². The molecular formula is C18H21N5O2. The molecule has 0 unspecified atom stereocenters. The summed E-state index contributed by atoms with van der Waals surface area (Å²) in [6.07, 6.45) is 5.17. The van der Waals surface area contributed by atoms with Crippen molar-refractivity contribution in [3.05, 3.63) is 41.9 Å². The highest BCUT2D eigenvalue weighted by Gasteiger charge is 2.45. The number of nitrogens with zero attached hydrogens (tertiary/aromatic N) is 5. The van der Waals surface area contributed by atoms with E-state index in [1.54, 1.807) is 36.5 Å². The standard InChI is InChI=1S/C18H21N5O2/c1-13-11-15-21(2)16(24)12-18(23(15)20-13)5-9-22(10-6-18)17(25)14-3-7-19-8-4-14/h3-4,7-8,11H,5-6,9-10,12H2,1-2H3. The van der Waals surface area contributed by atoms with Gasteiger partial charge in [-0.15, -0.1) is 0 Å². The highest BCUT2D eigenvalue weighted by Crippen LogP contribution is 2.41. The molecule has 0 bridgehead atoms. The van der Waals surface area contributed by atoms with Gasteiger partial charge in [-0.05, 0) is 31.9 Å². The fourth-order valence-electron chi connectivity index (χ4n) is 3.87. The molecule has 2 aliphatic rings. The number of hydrogen-bond acceptors (Lipinski definition) is 4. The van der Waals surface area contributed by atoms with Crippen LogP contribution < -0.4 is 4.90 Å². The number of pyridine rings is 1. The Morgan fingerprint density at radius 1 is 1.20 bits per heavy atom. The van der Waals surface area contributed by atoms with E-state index in [4.69, 9.17) is 0 Å². The Morgan fingerprint density at radius 3 is 2.56 bits per heavy atom. The van der Waals surface area contributed by atoms with E-state index in [0.29, 0.717) is 25.1 Å². The van der Waals surface area contributed by atoms with Crippen molar-refractivity contribution in [1.82, 2.24) is 19.7 Å². The van der Waals surface area contributed by atoms with Crippen molar-refractivity contribution in [2.24, 2.45) is 0 Å². The lowest BCUT2D eigenvalue weighted by Gasteiger charge is -2.46. The average Bonchev–Trinajstić information content (AvgIpc) is 3.04. The minimum atomic E-state index is -0.317. The SMILES string of the molecule is Cc1cc2n(n1)C1(CCN(C(=O)c3ccncc3)CC1)CC(=O)N2C. The van der Waals surface area contributed by atoms with E-state index in [0.717, 1.165) is 24.4 Å². The number of anilines is 1. The summed E-state index contributed by atoms with van der Waals surface area (Å²) < 4.78 is 2.01. The van der Waals surface area contributed by atoms with Crippen LogP contribution in [-0.2, 0) is 10.3 Å². The van der Waals surface area contributed by atoms with Gasteiger partial charge in [0.1, 0.15) is 5.82 Å². The molecule has 7 heteroatoms. The molecule has 1 fully saturated rings. The molecule has 2 aromatic rings. The minimum absolute atomic E-state index is 0.0216. The van der Waals surface area contributed by atoms with Gasteiger partial charge in [0.25, 0.3) is 5.91 Å². The zero-order valence-corrected chi connectivity index (χ0v) is 14.5. The summed E-state index contributed by atoms with van der Waals surface area (Å²) in [6.45, 7) is 3.19. The van der Waals surface area contributed by atoms with Crippen LogP contribution in [0.2, 0.25) is 0 Å². The summed E-state index contributed by atoms with van der Waals surface area (Å²) in [5.74, 6) is 0.984. The van der Waals surface area contributed by atoms with Gasteiger partial charge >= 0.3 is 0 Å². The van der Waals surface area contributed by atoms with E-state index in [2.05, 4.69) is 10.1 Å². The van der Waals surface area contributed by atoms with E-state index in [1.807, 2.05) is 22.6 Å². The summed E-state index contributed by atoms with van der Waals surface area (Å²) in [6, 6.07) is 5.43. The molecule has 1 saturated heterocycles. The Morgan fingerprint density at radius 2 is 1.88 bits per heavy atom. The summed E-state index contributed by atoms with van der Waals surface area (Å²) >= 11 is 0. The van der Waals surface area contributed by atoms with Crippen molar-refractivity contribution in [2.45, 2.75) is 31.7 Å². The van der Waals surface area contributed by atoms with Crippen molar-refractivity contribution in [1.29, 1.82) is 0 Å². The van der Waals surface area contributed by atoms with Crippen LogP contribution in [0.25, 0.3) is 0 Å². The number of aryl methyl sites for hydroxylation is 1. The largest absolute Gasteiger partial charge is 0.338 e. The number of carbonyl (C=O) groups excluding carboxylic acids is 2. The van der Waals surface area contributed by atoms with Crippen LogP contribution in [0, 0.1) is 6.92 Å². The maximum Gasteiger partial charge on any atom is 0.253 e. The number of aromatic nitrogens is 3. The third kappa shape index (κ3) is 2.50. The van der Waals surface area contributed by atoms with Gasteiger partial charge in [0.2, 0.25) is 5.91 Å². The predicted molar refractivity (Wildman–Crippen MR) is 92.3 cm³/mol. The van der Waals surface area contributed by atoms with Gasteiger partial charge in [0.05, 0.1) is 17.7 Å². The molecule has 7 nitrogen and oxygen atoms in total. The maximum absolute atomic E-state index is 12.6. The molecule has 1 spiro atoms. The second-order valence-corrected chi connectivity index (χ2v) is 6.94. The van der Waals surface area contributed by atoms with Gasteiger partial charge in [-0.2, -0.15) is 5.10 Å². The monoisotopic (exact) mass is 339 g/mol. The Labute approximate surface area is 146 Å². The number of likely N-dealkylation sites (tertiary alicyclic amines) is 1. The Kier molecular flexibility index (Phi) is 3.59. The molecule has 130 valence electrons. The first-order valence-electron chi connectivity index (χ1n) is 8.53. The van der Waals surface area contributed by atoms with E-state index in [9.17, 15) is 9.59 Å². The van der Waals surface area contributed by atoms with Crippen LogP contribution in [-0.4, -0.2) is 51.6 Å². The van der Waals surface area contributed by atoms with E-state index in [1.165, 1.54) is 0 Å². The van der Waals surface area contributed by atoms with Crippen LogP contribution in [0.4, 0.5) is 5.82 Å². The fraction of sp³-hybridized carbons (Fsp3) is 0.444. The second-order valence-electron chi connectivity index (χ2n) is 6.94. The number of rotatable bonds is 1. The van der Waals surface area contributed by atoms with Crippen molar-refractivity contribution in [3.8, 4) is 0 Å². The third-order valence-corrected chi connectivity index (χ3v) is 5.37. The number of amides is 2. The average molecular weight is 339 g/mol. The highest BCUT2D eigenvalue weighted by molar-refractivity contribution is 5.95. The zero-order valence-electron chi connectivity index (χ0n) is 14.5. The van der Waals surface area contributed by atoms with Crippen molar-refractivity contribution in [3.63, 3.8) is 0 Å². The predicted octanol–water partition coefficient (Wildman–Crippen LogP) is 1.58. The molecule has 2 amide bonds. The molecule has 4 heterocycles. The number of carbonyl (C=O) groups is 2. The lowest BCUT2D eigenvalue weighted by atomic mass is 9.82. The third-order valence-electron chi connectivity index (χ3n) is 5.37. The lowest BCUT2D eigenvalue weighted by Crippen LogP contribution is -2.54. The van der Waals surface area contributed by atoms with Gasteiger partial charge in [-0.25, -0.2) is 4.68 Å². The molecular weight excluding hydrogens is 318 g/mol. The number of hydrogen-bond donors (Lipinski definition) is 0. The second kappa shape index (κ2) is 5.68. The Bertz CT molecular complexity index is 821. The number of fused-ring (bicyclic) bond motifs is 2. The van der Waals surface area contributed by atoms with E-state index < -0.39 is 0 Å². The Balaban J connectivity index is 1.58. The molecule has 0 N–H and O–H groups in total. The fourth-order valence-corrected chi connectivity index (χ4v) is 3.87. The zero-order chi connectivity index (χ0) is 17.6. The first-order valence-corrected chi connectivity index (χ1v) is 8.53. The maximum atomic E-state index is 12.6. The minimum Gasteiger partial charge on any atom is -0.338 e. The van der Waals surface area contributed by atoms with Gasteiger partial charge < -0.3 is 9.80 Å². The van der Waals surface area contributed by atoms with Crippen LogP contribution in [0.5, 0.6) is 0 Å². The van der Waals surface area contributed by atoms with Gasteiger partial charge in [-0.1, -0.05) is 0 Å². The smallest absolute Gasteiger partial charge is 0.253 e. The van der Waals surface area contributed by atoms with Crippen LogP contribution in [0.1, 0.15) is 35.3 Å². The topological polar surface area (TPSA) is 71.3 Å². The van der Waals surface area contributed by atoms with Crippen molar-refractivity contribution < 1.29 is 9.59 Å². The van der Waals surface area contributed by atoms with Crippen LogP contribution in [0.15, 0.2) is 30.6 Å². The Hall–Kier alpha value is -2.70. The van der Waals surface area contributed by atoms with Crippen molar-refractivity contribution >= 4 is 17.6 Å². The van der Waals surface area contributed by atoms with E-state index >= 15 is 0 Å². The summed E-state index contributed by atoms with van der Waals surface area (Å²) in [4.78, 5) is 32.6. The number of piperidine rings is 1. The molecule has 0 atom stereocenters. The van der Waals surface area contributed by atoms with Gasteiger partial charge in [-0.3, -0.25) is 14.6 Å². The molecule has 0 aliphatic carbocycles. The molecule has 25 heavy (non-hydrogen) atoms. The van der Waals surface area contributed by atoms with Crippen LogP contribution >= 0.6 is 0 Å². The van der Waals surface area contributed by atoms with Gasteiger partial charge in [0, 0.05) is 44.2 Å². The van der Waals surface area contributed by atoms with Crippen LogP contribution in [0.3, 0.4) is 0 Å². The first-order chi connectivity index (χ1) is 12.0.